The maximum atomic E-state index is 11.5. The molecule has 0 amide bonds. The van der Waals surface area contributed by atoms with Gasteiger partial charge in [-0.1, -0.05) is 45.2 Å². The fourth-order valence-corrected chi connectivity index (χ4v) is 4.37. The van der Waals surface area contributed by atoms with Crippen molar-refractivity contribution in [3.63, 3.8) is 0 Å². The van der Waals surface area contributed by atoms with Crippen molar-refractivity contribution < 1.29 is 23.8 Å². The van der Waals surface area contributed by atoms with E-state index in [1.165, 1.54) is 14.2 Å². The zero-order chi connectivity index (χ0) is 26.1. The second-order valence-corrected chi connectivity index (χ2v) is 9.62. The van der Waals surface area contributed by atoms with Gasteiger partial charge < -0.3 is 19.1 Å². The van der Waals surface area contributed by atoms with Gasteiger partial charge in [0.25, 0.3) is 0 Å². The van der Waals surface area contributed by atoms with Crippen molar-refractivity contribution in [2.24, 2.45) is 0 Å². The number of para-hydroxylation sites is 1. The number of hydrogen-bond donors (Lipinski definition) is 0. The summed E-state index contributed by atoms with van der Waals surface area (Å²) in [5, 5.41) is 1.07. The molecule has 4 rings (SSSR count). The fourth-order valence-electron chi connectivity index (χ4n) is 3.62. The molecule has 6 nitrogen and oxygen atoms in total. The number of esters is 2. The average Bonchev–Trinajstić information content (AvgIpc) is 2.91. The summed E-state index contributed by atoms with van der Waals surface area (Å²) >= 11 is 15.6. The van der Waals surface area contributed by atoms with E-state index in [1.54, 1.807) is 54.6 Å². The summed E-state index contributed by atoms with van der Waals surface area (Å²) in [5.74, 6) is -0.0699. The fraction of sp³-hybridized carbons (Fsp3) is 0.259. The van der Waals surface area contributed by atoms with Crippen LogP contribution in [0.5, 0.6) is 5.75 Å². The first-order valence-corrected chi connectivity index (χ1v) is 12.7. The topological polar surface area (TPSA) is 65.1 Å². The number of carbonyl (C=O) groups excluding carboxylic acids is 2. The van der Waals surface area contributed by atoms with Crippen molar-refractivity contribution in [1.82, 2.24) is 0 Å². The number of benzene rings is 3. The Morgan fingerprint density at radius 3 is 1.75 bits per heavy atom. The standard InChI is InChI=1S/C19H19Cl2NO3.C8H7BrO2/c1-24-19(23)13-5-7-14(8-6-13)22-11-9-15(10-12-22)25-18-16(20)3-2-4-17(18)21;1-11-8(10)6-2-4-7(9)5-3-6/h2-8,15H,9-12H2,1H3;2-5H,1H3. The molecule has 0 aromatic heterocycles. The maximum Gasteiger partial charge on any atom is 0.337 e. The van der Waals surface area contributed by atoms with Crippen LogP contribution in [-0.2, 0) is 9.47 Å². The van der Waals surface area contributed by atoms with Gasteiger partial charge in [-0.05, 0) is 60.7 Å². The summed E-state index contributed by atoms with van der Waals surface area (Å²) in [5.41, 5.74) is 2.20. The number of rotatable bonds is 5. The Morgan fingerprint density at radius 1 is 0.806 bits per heavy atom. The highest BCUT2D eigenvalue weighted by molar-refractivity contribution is 9.10. The van der Waals surface area contributed by atoms with E-state index in [2.05, 4.69) is 25.6 Å². The minimum absolute atomic E-state index is 0.0861. The first-order valence-electron chi connectivity index (χ1n) is 11.2. The predicted octanol–water partition coefficient (Wildman–Crippen LogP) is 7.06. The Labute approximate surface area is 229 Å². The van der Waals surface area contributed by atoms with Gasteiger partial charge in [0.1, 0.15) is 6.10 Å². The van der Waals surface area contributed by atoms with Crippen molar-refractivity contribution in [2.45, 2.75) is 18.9 Å². The number of nitrogens with zero attached hydrogens (tertiary/aromatic N) is 1. The van der Waals surface area contributed by atoms with Gasteiger partial charge in [0.15, 0.2) is 5.75 Å². The summed E-state index contributed by atoms with van der Waals surface area (Å²) in [4.78, 5) is 24.7. The van der Waals surface area contributed by atoms with Gasteiger partial charge in [-0.2, -0.15) is 0 Å². The number of carbonyl (C=O) groups is 2. The molecule has 0 atom stereocenters. The highest BCUT2D eigenvalue weighted by Crippen LogP contribution is 2.34. The van der Waals surface area contributed by atoms with E-state index in [9.17, 15) is 9.59 Å². The van der Waals surface area contributed by atoms with Crippen molar-refractivity contribution in [3.05, 3.63) is 92.4 Å². The van der Waals surface area contributed by atoms with E-state index in [4.69, 9.17) is 32.7 Å². The average molecular weight is 595 g/mol. The highest BCUT2D eigenvalue weighted by Gasteiger charge is 2.22. The molecule has 9 heteroatoms. The normalized spacial score (nSPS) is 13.3. The second kappa shape index (κ2) is 13.5. The van der Waals surface area contributed by atoms with E-state index in [1.807, 2.05) is 12.1 Å². The van der Waals surface area contributed by atoms with Gasteiger partial charge >= 0.3 is 11.9 Å². The van der Waals surface area contributed by atoms with Gasteiger partial charge in [-0.15, -0.1) is 0 Å². The Morgan fingerprint density at radius 2 is 1.28 bits per heavy atom. The van der Waals surface area contributed by atoms with Crippen LogP contribution >= 0.6 is 39.1 Å². The van der Waals surface area contributed by atoms with Gasteiger partial charge in [0.2, 0.25) is 0 Å². The molecule has 3 aromatic rings. The van der Waals surface area contributed by atoms with Crippen LogP contribution in [0.4, 0.5) is 5.69 Å². The summed E-state index contributed by atoms with van der Waals surface area (Å²) < 4.78 is 16.2. The van der Waals surface area contributed by atoms with Crippen LogP contribution in [-0.4, -0.2) is 45.4 Å². The van der Waals surface area contributed by atoms with Crippen molar-refractivity contribution in [3.8, 4) is 5.75 Å². The number of anilines is 1. The molecule has 0 aliphatic carbocycles. The summed E-state index contributed by atoms with van der Waals surface area (Å²) in [6.45, 7) is 1.73. The van der Waals surface area contributed by atoms with Crippen LogP contribution in [0.2, 0.25) is 10.0 Å². The molecule has 1 saturated heterocycles. The van der Waals surface area contributed by atoms with Crippen LogP contribution in [0.15, 0.2) is 71.2 Å². The summed E-state index contributed by atoms with van der Waals surface area (Å²) in [6.07, 6.45) is 1.84. The van der Waals surface area contributed by atoms with Gasteiger partial charge in [-0.3, -0.25) is 0 Å². The van der Waals surface area contributed by atoms with Gasteiger partial charge in [0.05, 0.1) is 35.4 Å². The minimum atomic E-state index is -0.324. The van der Waals surface area contributed by atoms with E-state index in [0.29, 0.717) is 26.9 Å². The molecule has 1 aliphatic rings. The molecular weight excluding hydrogens is 569 g/mol. The van der Waals surface area contributed by atoms with Gasteiger partial charge in [0, 0.05) is 36.1 Å². The van der Waals surface area contributed by atoms with Crippen LogP contribution in [0, 0.1) is 0 Å². The molecule has 190 valence electrons. The number of piperidine rings is 1. The van der Waals surface area contributed by atoms with Crippen molar-refractivity contribution in [1.29, 1.82) is 0 Å². The SMILES string of the molecule is COC(=O)c1ccc(Br)cc1.COC(=O)c1ccc(N2CCC(Oc3c(Cl)cccc3Cl)CC2)cc1. The van der Waals surface area contributed by atoms with E-state index in [0.717, 1.165) is 36.1 Å². The predicted molar refractivity (Wildman–Crippen MR) is 146 cm³/mol. The molecule has 0 saturated carbocycles. The first-order chi connectivity index (χ1) is 17.3. The lowest BCUT2D eigenvalue weighted by molar-refractivity contribution is 0.0592. The van der Waals surface area contributed by atoms with Crippen molar-refractivity contribution >= 4 is 56.8 Å². The minimum Gasteiger partial charge on any atom is -0.487 e. The summed E-state index contributed by atoms with van der Waals surface area (Å²) in [7, 11) is 2.75. The van der Waals surface area contributed by atoms with Crippen LogP contribution in [0.25, 0.3) is 0 Å². The molecular formula is C27H26BrCl2NO5. The quantitative estimate of drug-likeness (QED) is 0.295. The van der Waals surface area contributed by atoms with E-state index >= 15 is 0 Å². The molecule has 1 fully saturated rings. The van der Waals surface area contributed by atoms with E-state index < -0.39 is 0 Å². The molecule has 0 bridgehead atoms. The zero-order valence-corrected chi connectivity index (χ0v) is 23.0. The van der Waals surface area contributed by atoms with Crippen molar-refractivity contribution in [2.75, 3.05) is 32.2 Å². The third kappa shape index (κ3) is 7.63. The Balaban J connectivity index is 0.000000275. The zero-order valence-electron chi connectivity index (χ0n) is 19.9. The Bertz CT molecular complexity index is 1140. The molecule has 0 radical (unpaired) electrons. The van der Waals surface area contributed by atoms with Crippen LogP contribution < -0.4 is 9.64 Å². The largest absolute Gasteiger partial charge is 0.487 e. The maximum absolute atomic E-state index is 11.5. The third-order valence-corrected chi connectivity index (χ3v) is 6.69. The molecule has 0 spiro atoms. The second-order valence-electron chi connectivity index (χ2n) is 7.89. The smallest absolute Gasteiger partial charge is 0.337 e. The molecule has 3 aromatic carbocycles. The number of hydrogen-bond acceptors (Lipinski definition) is 6. The molecule has 0 unspecified atom stereocenters. The number of ether oxygens (including phenoxy) is 3. The number of halogens is 3. The lowest BCUT2D eigenvalue weighted by Gasteiger charge is -2.34. The van der Waals surface area contributed by atoms with Crippen LogP contribution in [0.1, 0.15) is 33.6 Å². The molecule has 0 N–H and O–H groups in total. The van der Waals surface area contributed by atoms with Gasteiger partial charge in [-0.25, -0.2) is 9.59 Å². The third-order valence-electron chi connectivity index (χ3n) is 5.56. The van der Waals surface area contributed by atoms with E-state index in [-0.39, 0.29) is 18.0 Å². The lowest BCUT2D eigenvalue weighted by Crippen LogP contribution is -2.38. The Hall–Kier alpha value is -2.74. The first kappa shape index (κ1) is 27.8. The van der Waals surface area contributed by atoms with Crippen LogP contribution in [0.3, 0.4) is 0 Å². The monoisotopic (exact) mass is 593 g/mol. The summed E-state index contributed by atoms with van der Waals surface area (Å²) in [6, 6.07) is 19.8. The highest BCUT2D eigenvalue weighted by atomic mass is 79.9. The lowest BCUT2D eigenvalue weighted by atomic mass is 10.1. The molecule has 36 heavy (non-hydrogen) atoms. The molecule has 1 aliphatic heterocycles. The molecule has 1 heterocycles. The number of methoxy groups -OCH3 is 2. The Kier molecular flexibility index (Phi) is 10.5.